The van der Waals surface area contributed by atoms with Crippen LogP contribution < -0.4 is 0 Å². The highest BCUT2D eigenvalue weighted by molar-refractivity contribution is 9.10. The van der Waals surface area contributed by atoms with Gasteiger partial charge in [-0.25, -0.2) is 4.79 Å². The fourth-order valence-corrected chi connectivity index (χ4v) is 1.73. The van der Waals surface area contributed by atoms with E-state index in [2.05, 4.69) is 20.9 Å². The molecule has 1 heterocycles. The van der Waals surface area contributed by atoms with Crippen LogP contribution in [0, 0.1) is 0 Å². The molecule has 2 rings (SSSR count). The second-order valence-electron chi connectivity index (χ2n) is 2.84. The number of rotatable bonds is 1. The van der Waals surface area contributed by atoms with Crippen LogP contribution in [0.15, 0.2) is 22.7 Å². The Morgan fingerprint density at radius 1 is 1.43 bits per heavy atom. The number of aromatic carboxylic acids is 1. The van der Waals surface area contributed by atoms with Gasteiger partial charge in [0.2, 0.25) is 0 Å². The number of fused-ring (bicyclic) bond motifs is 1. The highest BCUT2D eigenvalue weighted by Gasteiger charge is 2.11. The first-order chi connectivity index (χ1) is 6.59. The molecular formula is C9H6BrNO3. The number of hydrogen-bond donors (Lipinski definition) is 3. The van der Waals surface area contributed by atoms with E-state index in [0.717, 1.165) is 4.47 Å². The number of hydrogen-bond acceptors (Lipinski definition) is 2. The molecule has 72 valence electrons. The van der Waals surface area contributed by atoms with E-state index in [-0.39, 0.29) is 11.4 Å². The van der Waals surface area contributed by atoms with Crippen LogP contribution in [-0.4, -0.2) is 21.2 Å². The Bertz CT molecular complexity index is 479. The van der Waals surface area contributed by atoms with Crippen molar-refractivity contribution < 1.29 is 15.0 Å². The first-order valence-corrected chi connectivity index (χ1v) is 4.62. The van der Waals surface area contributed by atoms with Gasteiger partial charge in [0, 0.05) is 9.86 Å². The van der Waals surface area contributed by atoms with Gasteiger partial charge in [0.05, 0.1) is 5.52 Å². The Hall–Kier alpha value is -1.49. The van der Waals surface area contributed by atoms with Crippen LogP contribution in [0.1, 0.15) is 10.5 Å². The van der Waals surface area contributed by atoms with Crippen LogP contribution in [0.25, 0.3) is 10.9 Å². The lowest BCUT2D eigenvalue weighted by atomic mass is 10.2. The van der Waals surface area contributed by atoms with Crippen LogP contribution >= 0.6 is 15.9 Å². The summed E-state index contributed by atoms with van der Waals surface area (Å²) in [6, 6.07) is 4.56. The van der Waals surface area contributed by atoms with Crippen LogP contribution in [0.2, 0.25) is 0 Å². The molecule has 0 atom stereocenters. The van der Waals surface area contributed by atoms with Gasteiger partial charge in [0.25, 0.3) is 0 Å². The number of phenolic OH excluding ortho intramolecular Hbond substituents is 1. The van der Waals surface area contributed by atoms with Gasteiger partial charge in [-0.1, -0.05) is 0 Å². The van der Waals surface area contributed by atoms with Crippen molar-refractivity contribution in [3.8, 4) is 5.75 Å². The third kappa shape index (κ3) is 1.26. The van der Waals surface area contributed by atoms with Crippen molar-refractivity contribution >= 4 is 32.8 Å². The Morgan fingerprint density at radius 3 is 2.71 bits per heavy atom. The zero-order valence-corrected chi connectivity index (χ0v) is 8.50. The molecule has 0 saturated heterocycles. The lowest BCUT2D eigenvalue weighted by molar-refractivity contribution is 0.0691. The summed E-state index contributed by atoms with van der Waals surface area (Å²) in [6.45, 7) is 0. The molecule has 0 saturated carbocycles. The van der Waals surface area contributed by atoms with Crippen molar-refractivity contribution in [3.05, 3.63) is 28.4 Å². The topological polar surface area (TPSA) is 73.3 Å². The predicted molar refractivity (Wildman–Crippen MR) is 54.6 cm³/mol. The van der Waals surface area contributed by atoms with Crippen LogP contribution in [0.5, 0.6) is 5.75 Å². The van der Waals surface area contributed by atoms with Crippen LogP contribution in [0.4, 0.5) is 0 Å². The normalized spacial score (nSPS) is 10.6. The largest absolute Gasteiger partial charge is 0.507 e. The minimum Gasteiger partial charge on any atom is -0.507 e. The van der Waals surface area contributed by atoms with Crippen LogP contribution in [-0.2, 0) is 0 Å². The number of phenols is 1. The third-order valence-electron chi connectivity index (χ3n) is 1.95. The third-order valence-corrected chi connectivity index (χ3v) is 2.61. The molecule has 0 bridgehead atoms. The SMILES string of the molecule is O=C(O)c1cc2c(O)ccc(Br)c2[nH]1. The Balaban J connectivity index is 2.82. The molecule has 1 aromatic carbocycles. The molecule has 0 fully saturated rings. The smallest absolute Gasteiger partial charge is 0.352 e. The Labute approximate surface area is 87.3 Å². The highest BCUT2D eigenvalue weighted by atomic mass is 79.9. The summed E-state index contributed by atoms with van der Waals surface area (Å²) in [4.78, 5) is 13.4. The van der Waals surface area contributed by atoms with E-state index < -0.39 is 5.97 Å². The highest BCUT2D eigenvalue weighted by Crippen LogP contribution is 2.31. The van der Waals surface area contributed by atoms with E-state index >= 15 is 0 Å². The first kappa shape index (κ1) is 9.08. The average molecular weight is 256 g/mol. The van der Waals surface area contributed by atoms with Gasteiger partial charge in [-0.15, -0.1) is 0 Å². The molecular weight excluding hydrogens is 250 g/mol. The number of carboxylic acid groups (broad SMARTS) is 1. The zero-order chi connectivity index (χ0) is 10.3. The fraction of sp³-hybridized carbons (Fsp3) is 0. The molecule has 0 aliphatic heterocycles. The minimum atomic E-state index is -1.05. The Kier molecular flexibility index (Phi) is 1.96. The lowest BCUT2D eigenvalue weighted by Gasteiger charge is -1.95. The molecule has 5 heteroatoms. The maximum Gasteiger partial charge on any atom is 0.352 e. The van der Waals surface area contributed by atoms with Gasteiger partial charge in [0.15, 0.2) is 0 Å². The van der Waals surface area contributed by atoms with Crippen molar-refractivity contribution in [2.24, 2.45) is 0 Å². The predicted octanol–water partition coefficient (Wildman–Crippen LogP) is 2.33. The molecule has 0 aliphatic rings. The number of carbonyl (C=O) groups is 1. The summed E-state index contributed by atoms with van der Waals surface area (Å²) in [6.07, 6.45) is 0. The van der Waals surface area contributed by atoms with Gasteiger partial charge < -0.3 is 15.2 Å². The van der Waals surface area contributed by atoms with E-state index in [0.29, 0.717) is 10.9 Å². The second-order valence-corrected chi connectivity index (χ2v) is 3.70. The molecule has 0 aliphatic carbocycles. The maximum absolute atomic E-state index is 10.7. The van der Waals surface area contributed by atoms with Crippen molar-refractivity contribution in [1.82, 2.24) is 4.98 Å². The number of benzene rings is 1. The van der Waals surface area contributed by atoms with Crippen molar-refractivity contribution in [2.45, 2.75) is 0 Å². The van der Waals surface area contributed by atoms with Crippen molar-refractivity contribution in [3.63, 3.8) is 0 Å². The van der Waals surface area contributed by atoms with E-state index in [1.165, 1.54) is 12.1 Å². The maximum atomic E-state index is 10.7. The fourth-order valence-electron chi connectivity index (χ4n) is 1.29. The molecule has 4 nitrogen and oxygen atoms in total. The molecule has 1 aromatic heterocycles. The summed E-state index contributed by atoms with van der Waals surface area (Å²) >= 11 is 3.26. The van der Waals surface area contributed by atoms with Gasteiger partial charge in [-0.3, -0.25) is 0 Å². The summed E-state index contributed by atoms with van der Waals surface area (Å²) in [5.41, 5.74) is 0.643. The molecule has 2 aromatic rings. The lowest BCUT2D eigenvalue weighted by Crippen LogP contribution is -1.94. The van der Waals surface area contributed by atoms with Gasteiger partial charge in [-0.05, 0) is 34.1 Å². The summed E-state index contributed by atoms with van der Waals surface area (Å²) < 4.78 is 0.720. The standard InChI is InChI=1S/C9H6BrNO3/c10-5-1-2-7(12)4-3-6(9(13)14)11-8(4)5/h1-3,11-12H,(H,13,14). The summed E-state index contributed by atoms with van der Waals surface area (Å²) in [5, 5.41) is 18.7. The van der Waals surface area contributed by atoms with Gasteiger partial charge in [0.1, 0.15) is 11.4 Å². The van der Waals surface area contributed by atoms with Gasteiger partial charge in [-0.2, -0.15) is 0 Å². The Morgan fingerprint density at radius 2 is 2.14 bits per heavy atom. The number of H-pyrrole nitrogens is 1. The van der Waals surface area contributed by atoms with Crippen LogP contribution in [0.3, 0.4) is 0 Å². The monoisotopic (exact) mass is 255 g/mol. The average Bonchev–Trinajstić information content (AvgIpc) is 2.57. The van der Waals surface area contributed by atoms with E-state index in [4.69, 9.17) is 5.11 Å². The quantitative estimate of drug-likeness (QED) is 0.733. The molecule has 0 spiro atoms. The summed E-state index contributed by atoms with van der Waals surface area (Å²) in [5.74, 6) is -0.987. The van der Waals surface area contributed by atoms with Gasteiger partial charge >= 0.3 is 5.97 Å². The molecule has 0 radical (unpaired) electrons. The van der Waals surface area contributed by atoms with E-state index in [1.807, 2.05) is 0 Å². The second kappa shape index (κ2) is 3.02. The zero-order valence-electron chi connectivity index (χ0n) is 6.91. The number of aromatic amines is 1. The molecule has 0 unspecified atom stereocenters. The first-order valence-electron chi connectivity index (χ1n) is 3.83. The molecule has 14 heavy (non-hydrogen) atoms. The van der Waals surface area contributed by atoms with Crippen molar-refractivity contribution in [1.29, 1.82) is 0 Å². The van der Waals surface area contributed by atoms with Crippen molar-refractivity contribution in [2.75, 3.05) is 0 Å². The number of nitrogens with one attached hydrogen (secondary N) is 1. The number of halogens is 1. The number of aromatic nitrogens is 1. The van der Waals surface area contributed by atoms with E-state index in [1.54, 1.807) is 6.07 Å². The molecule has 3 N–H and O–H groups in total. The number of carboxylic acids is 1. The summed E-state index contributed by atoms with van der Waals surface area (Å²) in [7, 11) is 0. The van der Waals surface area contributed by atoms with E-state index in [9.17, 15) is 9.90 Å². The number of aromatic hydroxyl groups is 1. The minimum absolute atomic E-state index is 0.0576. The molecule has 0 amide bonds.